The molecule has 4 aromatic rings. The molecule has 0 spiro atoms. The molecule has 0 aliphatic carbocycles. The number of anilines is 1. The zero-order valence-corrected chi connectivity index (χ0v) is 22.9. The van der Waals surface area contributed by atoms with Gasteiger partial charge in [-0.25, -0.2) is 18.7 Å². The van der Waals surface area contributed by atoms with E-state index in [0.29, 0.717) is 47.7 Å². The topological polar surface area (TPSA) is 91.6 Å². The van der Waals surface area contributed by atoms with Crippen LogP contribution in [0.3, 0.4) is 0 Å². The number of carbonyl (C=O) groups is 1. The van der Waals surface area contributed by atoms with Gasteiger partial charge in [0.1, 0.15) is 17.4 Å². The van der Waals surface area contributed by atoms with E-state index in [-0.39, 0.29) is 29.0 Å². The van der Waals surface area contributed by atoms with Gasteiger partial charge in [0.15, 0.2) is 5.65 Å². The second-order valence-electron chi connectivity index (χ2n) is 10.1. The van der Waals surface area contributed by atoms with Crippen LogP contribution >= 0.6 is 0 Å². The Bertz CT molecular complexity index is 1660. The molecule has 0 bridgehead atoms. The van der Waals surface area contributed by atoms with Gasteiger partial charge in [-0.2, -0.15) is 4.98 Å². The molecule has 8 nitrogen and oxygen atoms in total. The lowest BCUT2D eigenvalue weighted by molar-refractivity contribution is -0.126. The van der Waals surface area contributed by atoms with Crippen molar-refractivity contribution in [1.82, 2.24) is 19.4 Å². The Morgan fingerprint density at radius 3 is 2.65 bits per heavy atom. The van der Waals surface area contributed by atoms with Gasteiger partial charge in [0.25, 0.3) is 0 Å². The van der Waals surface area contributed by atoms with Gasteiger partial charge in [-0.15, -0.1) is 0 Å². The van der Waals surface area contributed by atoms with E-state index in [1.165, 1.54) is 28.8 Å². The molecule has 0 saturated carbocycles. The lowest BCUT2D eigenvalue weighted by Gasteiger charge is -2.40. The Labute approximate surface area is 232 Å². The second-order valence-corrected chi connectivity index (χ2v) is 10.1. The number of pyridine rings is 1. The predicted molar refractivity (Wildman–Crippen MR) is 155 cm³/mol. The SMILES string of the molecule is C=CC(=O)N1CCN(c2nc(=O)n(-c3ccccc3CCC)c3nc(-c4c(O)cccc4F)c(C)cc23)[C@@H](C)C1. The van der Waals surface area contributed by atoms with Crippen LogP contribution in [0, 0.1) is 12.7 Å². The number of hydrogen-bond donors (Lipinski definition) is 1. The van der Waals surface area contributed by atoms with E-state index in [1.54, 1.807) is 11.8 Å². The molecule has 1 aliphatic heterocycles. The summed E-state index contributed by atoms with van der Waals surface area (Å²) >= 11 is 0. The maximum Gasteiger partial charge on any atom is 0.355 e. The number of aromatic nitrogens is 3. The average Bonchev–Trinajstić information content (AvgIpc) is 2.93. The van der Waals surface area contributed by atoms with Crippen LogP contribution in [0.1, 0.15) is 31.4 Å². The number of para-hydroxylation sites is 1. The van der Waals surface area contributed by atoms with Crippen LogP contribution < -0.4 is 10.6 Å². The number of nitrogens with zero attached hydrogens (tertiary/aromatic N) is 5. The van der Waals surface area contributed by atoms with Crippen LogP contribution in [-0.2, 0) is 11.2 Å². The van der Waals surface area contributed by atoms with E-state index in [2.05, 4.69) is 18.5 Å². The Morgan fingerprint density at radius 1 is 1.18 bits per heavy atom. The van der Waals surface area contributed by atoms with Crippen molar-refractivity contribution >= 4 is 22.8 Å². The highest BCUT2D eigenvalue weighted by Crippen LogP contribution is 2.36. The van der Waals surface area contributed by atoms with Gasteiger partial charge in [-0.05, 0) is 61.7 Å². The number of hydrogen-bond acceptors (Lipinski definition) is 6. The molecule has 40 heavy (non-hydrogen) atoms. The van der Waals surface area contributed by atoms with Crippen molar-refractivity contribution in [2.75, 3.05) is 24.5 Å². The van der Waals surface area contributed by atoms with E-state index in [4.69, 9.17) is 4.98 Å². The molecule has 1 amide bonds. The normalized spacial score (nSPS) is 15.4. The molecule has 2 aromatic heterocycles. The monoisotopic (exact) mass is 541 g/mol. The van der Waals surface area contributed by atoms with Gasteiger partial charge in [-0.3, -0.25) is 4.79 Å². The van der Waals surface area contributed by atoms with E-state index >= 15 is 4.39 Å². The van der Waals surface area contributed by atoms with Crippen molar-refractivity contribution < 1.29 is 14.3 Å². The van der Waals surface area contributed by atoms with Crippen molar-refractivity contribution in [2.24, 2.45) is 0 Å². The van der Waals surface area contributed by atoms with Crippen molar-refractivity contribution in [3.05, 3.63) is 88.6 Å². The van der Waals surface area contributed by atoms with Crippen molar-refractivity contribution in [3.8, 4) is 22.7 Å². The highest BCUT2D eigenvalue weighted by molar-refractivity contribution is 5.92. The zero-order chi connectivity index (χ0) is 28.6. The molecule has 0 radical (unpaired) electrons. The summed E-state index contributed by atoms with van der Waals surface area (Å²) in [5.74, 6) is -0.524. The number of benzene rings is 2. The number of carbonyl (C=O) groups excluding carboxylic acids is 1. The van der Waals surface area contributed by atoms with Gasteiger partial charge in [-0.1, -0.05) is 44.2 Å². The highest BCUT2D eigenvalue weighted by Gasteiger charge is 2.30. The fraction of sp³-hybridized carbons (Fsp3) is 0.290. The fourth-order valence-electron chi connectivity index (χ4n) is 5.48. The molecule has 1 aliphatic rings. The highest BCUT2D eigenvalue weighted by atomic mass is 19.1. The van der Waals surface area contributed by atoms with Gasteiger partial charge >= 0.3 is 5.69 Å². The summed E-state index contributed by atoms with van der Waals surface area (Å²) in [5.41, 5.74) is 2.28. The number of aryl methyl sites for hydroxylation is 2. The first-order valence-corrected chi connectivity index (χ1v) is 13.4. The number of fused-ring (bicyclic) bond motifs is 1. The molecule has 2 aromatic carbocycles. The minimum Gasteiger partial charge on any atom is -0.507 e. The molecule has 1 N–H and O–H groups in total. The quantitative estimate of drug-likeness (QED) is 0.354. The summed E-state index contributed by atoms with van der Waals surface area (Å²) in [6.45, 7) is 10.8. The first-order valence-electron chi connectivity index (χ1n) is 13.4. The van der Waals surface area contributed by atoms with E-state index in [0.717, 1.165) is 18.4 Å². The van der Waals surface area contributed by atoms with Crippen LogP contribution in [-0.4, -0.2) is 56.1 Å². The summed E-state index contributed by atoms with van der Waals surface area (Å²) in [4.78, 5) is 39.2. The molecule has 1 atom stereocenters. The summed E-state index contributed by atoms with van der Waals surface area (Å²) in [7, 11) is 0. The first-order chi connectivity index (χ1) is 19.2. The summed E-state index contributed by atoms with van der Waals surface area (Å²) in [6, 6.07) is 13.4. The zero-order valence-electron chi connectivity index (χ0n) is 22.9. The Morgan fingerprint density at radius 2 is 1.95 bits per heavy atom. The van der Waals surface area contributed by atoms with E-state index in [1.807, 2.05) is 42.2 Å². The van der Waals surface area contributed by atoms with Crippen LogP contribution in [0.5, 0.6) is 5.75 Å². The van der Waals surface area contributed by atoms with Gasteiger partial charge in [0, 0.05) is 25.7 Å². The first kappa shape index (κ1) is 27.1. The molecular formula is C31H32FN5O3. The van der Waals surface area contributed by atoms with Gasteiger partial charge in [0.05, 0.1) is 22.3 Å². The average molecular weight is 542 g/mol. The number of phenols is 1. The van der Waals surface area contributed by atoms with Crippen LogP contribution in [0.4, 0.5) is 10.2 Å². The van der Waals surface area contributed by atoms with Crippen molar-refractivity contribution in [1.29, 1.82) is 0 Å². The molecule has 206 valence electrons. The summed E-state index contributed by atoms with van der Waals surface area (Å²) in [5, 5.41) is 11.2. The Kier molecular flexibility index (Phi) is 7.38. The molecule has 3 heterocycles. The maximum atomic E-state index is 15.0. The third-order valence-electron chi connectivity index (χ3n) is 7.40. The summed E-state index contributed by atoms with van der Waals surface area (Å²) < 4.78 is 16.5. The second kappa shape index (κ2) is 10.9. The standard InChI is InChI=1S/C31H32FN5O3/c1-5-10-21-11-7-8-13-24(21)37-30-22(17-19(3)28(33-30)27-23(32)12-9-14-25(27)38)29(34-31(37)40)36-16-15-35(18-20(36)4)26(39)6-2/h6-9,11-14,17,20,38H,2,5,10,15-16,18H2,1,3-4H3/t20-/m0/s1. The van der Waals surface area contributed by atoms with Gasteiger partial charge < -0.3 is 14.9 Å². The van der Waals surface area contributed by atoms with Crippen LogP contribution in [0.25, 0.3) is 28.0 Å². The largest absolute Gasteiger partial charge is 0.507 e. The predicted octanol–water partition coefficient (Wildman–Crippen LogP) is 4.78. The molecule has 1 saturated heterocycles. The van der Waals surface area contributed by atoms with E-state index < -0.39 is 11.5 Å². The molecule has 0 unspecified atom stereocenters. The van der Waals surface area contributed by atoms with Gasteiger partial charge in [0.2, 0.25) is 5.91 Å². The molecule has 9 heteroatoms. The lowest BCUT2D eigenvalue weighted by Crippen LogP contribution is -2.54. The lowest BCUT2D eigenvalue weighted by atomic mass is 10.0. The third-order valence-corrected chi connectivity index (χ3v) is 7.40. The minimum atomic E-state index is -0.610. The van der Waals surface area contributed by atoms with E-state index in [9.17, 15) is 14.7 Å². The fourth-order valence-corrected chi connectivity index (χ4v) is 5.48. The number of phenolic OH excluding ortho intramolecular Hbond substituents is 1. The molecule has 5 rings (SSSR count). The number of piperazine rings is 1. The molecular weight excluding hydrogens is 509 g/mol. The Balaban J connectivity index is 1.79. The number of amides is 1. The molecule has 1 fully saturated rings. The smallest absolute Gasteiger partial charge is 0.355 e. The Hall–Kier alpha value is -4.53. The minimum absolute atomic E-state index is 0.0222. The van der Waals surface area contributed by atoms with Crippen LogP contribution in [0.2, 0.25) is 0 Å². The van der Waals surface area contributed by atoms with Crippen molar-refractivity contribution in [3.63, 3.8) is 0 Å². The third kappa shape index (κ3) is 4.72. The maximum absolute atomic E-state index is 15.0. The number of aromatic hydroxyl groups is 1. The number of halogens is 1. The van der Waals surface area contributed by atoms with Crippen LogP contribution in [0.15, 0.2) is 66.0 Å². The number of rotatable bonds is 6. The van der Waals surface area contributed by atoms with Crippen molar-refractivity contribution in [2.45, 2.75) is 39.7 Å². The summed E-state index contributed by atoms with van der Waals surface area (Å²) in [6.07, 6.45) is 2.92.